The topological polar surface area (TPSA) is 57.5 Å². The molecular weight excluding hydrogens is 178 g/mol. The molecule has 0 aromatic carbocycles. The Morgan fingerprint density at radius 3 is 2.18 bits per heavy atom. The number of hydrogen-bond acceptors (Lipinski definition) is 3. The SMILES string of the molecule is CS(=O)CC(O)(CO)C(F)F. The molecule has 0 saturated heterocycles. The molecule has 0 aliphatic rings. The van der Waals surface area contributed by atoms with Crippen molar-refractivity contribution in [2.45, 2.75) is 12.0 Å². The van der Waals surface area contributed by atoms with Crippen LogP contribution in [0.5, 0.6) is 0 Å². The Balaban J connectivity index is 4.22. The molecular formula is C5H10F2O3S. The van der Waals surface area contributed by atoms with Gasteiger partial charge in [0, 0.05) is 17.1 Å². The summed E-state index contributed by atoms with van der Waals surface area (Å²) < 4.78 is 34.2. The Hall–Kier alpha value is -0.0700. The van der Waals surface area contributed by atoms with E-state index in [2.05, 4.69) is 0 Å². The molecule has 0 aromatic rings. The van der Waals surface area contributed by atoms with Crippen molar-refractivity contribution in [2.24, 2.45) is 0 Å². The van der Waals surface area contributed by atoms with E-state index in [9.17, 15) is 13.0 Å². The summed E-state index contributed by atoms with van der Waals surface area (Å²) >= 11 is 0. The Morgan fingerprint density at radius 1 is 1.64 bits per heavy atom. The van der Waals surface area contributed by atoms with Crippen LogP contribution in [-0.4, -0.2) is 45.1 Å². The molecule has 68 valence electrons. The lowest BCUT2D eigenvalue weighted by molar-refractivity contribution is -0.107. The van der Waals surface area contributed by atoms with E-state index < -0.39 is 35.2 Å². The van der Waals surface area contributed by atoms with Crippen LogP contribution in [0.1, 0.15) is 0 Å². The second-order valence-electron chi connectivity index (χ2n) is 2.28. The van der Waals surface area contributed by atoms with Gasteiger partial charge in [-0.15, -0.1) is 0 Å². The summed E-state index contributed by atoms with van der Waals surface area (Å²) in [5, 5.41) is 17.2. The minimum absolute atomic E-state index is 0.610. The van der Waals surface area contributed by atoms with Crippen molar-refractivity contribution in [1.29, 1.82) is 0 Å². The quantitative estimate of drug-likeness (QED) is 0.616. The van der Waals surface area contributed by atoms with Crippen LogP contribution in [0.25, 0.3) is 0 Å². The monoisotopic (exact) mass is 188 g/mol. The van der Waals surface area contributed by atoms with Crippen molar-refractivity contribution in [2.75, 3.05) is 18.6 Å². The molecule has 3 nitrogen and oxygen atoms in total. The van der Waals surface area contributed by atoms with Gasteiger partial charge < -0.3 is 10.2 Å². The van der Waals surface area contributed by atoms with Crippen LogP contribution in [0.15, 0.2) is 0 Å². The average Bonchev–Trinajstić information content (AvgIpc) is 1.86. The van der Waals surface area contributed by atoms with Gasteiger partial charge in [0.1, 0.15) is 0 Å². The van der Waals surface area contributed by atoms with Crippen molar-refractivity contribution < 1.29 is 23.2 Å². The van der Waals surface area contributed by atoms with E-state index in [0.717, 1.165) is 0 Å². The highest BCUT2D eigenvalue weighted by Gasteiger charge is 2.38. The maximum atomic E-state index is 11.9. The van der Waals surface area contributed by atoms with Crippen molar-refractivity contribution in [3.8, 4) is 0 Å². The first-order valence-electron chi connectivity index (χ1n) is 2.84. The zero-order valence-corrected chi connectivity index (χ0v) is 6.77. The first kappa shape index (κ1) is 10.9. The van der Waals surface area contributed by atoms with Gasteiger partial charge in [-0.2, -0.15) is 0 Å². The Kier molecular flexibility index (Phi) is 4.05. The molecule has 0 heterocycles. The number of aliphatic hydroxyl groups excluding tert-OH is 1. The highest BCUT2D eigenvalue weighted by molar-refractivity contribution is 7.84. The Bertz CT molecular complexity index is 153. The number of aliphatic hydroxyl groups is 2. The molecule has 2 unspecified atom stereocenters. The molecule has 0 amide bonds. The van der Waals surface area contributed by atoms with Crippen LogP contribution < -0.4 is 0 Å². The Morgan fingerprint density at radius 2 is 2.09 bits per heavy atom. The molecule has 0 saturated carbocycles. The smallest absolute Gasteiger partial charge is 0.269 e. The number of alkyl halides is 2. The number of rotatable bonds is 4. The van der Waals surface area contributed by atoms with Crippen LogP contribution in [0.2, 0.25) is 0 Å². The highest BCUT2D eigenvalue weighted by atomic mass is 32.2. The van der Waals surface area contributed by atoms with E-state index in [0.29, 0.717) is 0 Å². The van der Waals surface area contributed by atoms with Gasteiger partial charge >= 0.3 is 0 Å². The van der Waals surface area contributed by atoms with Gasteiger partial charge in [0.2, 0.25) is 0 Å². The first-order chi connectivity index (χ1) is 4.92. The fraction of sp³-hybridized carbons (Fsp3) is 1.00. The molecule has 0 aliphatic carbocycles. The van der Waals surface area contributed by atoms with Crippen LogP contribution in [-0.2, 0) is 10.8 Å². The summed E-state index contributed by atoms with van der Waals surface area (Å²) in [6.07, 6.45) is -1.89. The largest absolute Gasteiger partial charge is 0.393 e. The summed E-state index contributed by atoms with van der Waals surface area (Å²) in [7, 11) is -1.55. The molecule has 0 spiro atoms. The highest BCUT2D eigenvalue weighted by Crippen LogP contribution is 2.15. The lowest BCUT2D eigenvalue weighted by atomic mass is 10.1. The number of hydrogen-bond donors (Lipinski definition) is 2. The van der Waals surface area contributed by atoms with Crippen molar-refractivity contribution in [3.63, 3.8) is 0 Å². The average molecular weight is 188 g/mol. The molecule has 2 N–H and O–H groups in total. The van der Waals surface area contributed by atoms with Crippen molar-refractivity contribution >= 4 is 10.8 Å². The number of halogens is 2. The van der Waals surface area contributed by atoms with Crippen molar-refractivity contribution in [1.82, 2.24) is 0 Å². The molecule has 0 rings (SSSR count). The van der Waals surface area contributed by atoms with Gasteiger partial charge in [0.25, 0.3) is 6.43 Å². The van der Waals surface area contributed by atoms with E-state index in [-0.39, 0.29) is 0 Å². The molecule has 11 heavy (non-hydrogen) atoms. The normalized spacial score (nSPS) is 19.8. The van der Waals surface area contributed by atoms with Gasteiger partial charge in [-0.05, 0) is 0 Å². The Labute approximate surface area is 65.5 Å². The lowest BCUT2D eigenvalue weighted by Gasteiger charge is -2.22. The summed E-state index contributed by atoms with van der Waals surface area (Å²) in [4.78, 5) is 0. The summed E-state index contributed by atoms with van der Waals surface area (Å²) in [6.45, 7) is -1.08. The van der Waals surface area contributed by atoms with E-state index in [4.69, 9.17) is 10.2 Å². The minimum Gasteiger partial charge on any atom is -0.393 e. The van der Waals surface area contributed by atoms with Crippen LogP contribution in [0, 0.1) is 0 Å². The molecule has 0 aromatic heterocycles. The second-order valence-corrected chi connectivity index (χ2v) is 3.71. The van der Waals surface area contributed by atoms with E-state index >= 15 is 0 Å². The molecule has 0 bridgehead atoms. The van der Waals surface area contributed by atoms with Gasteiger partial charge in [-0.25, -0.2) is 8.78 Å². The molecule has 0 aliphatic heterocycles. The summed E-state index contributed by atoms with van der Waals surface area (Å²) in [5.74, 6) is -0.610. The lowest BCUT2D eigenvalue weighted by Crippen LogP contribution is -2.46. The third kappa shape index (κ3) is 3.22. The minimum atomic E-state index is -3.07. The summed E-state index contributed by atoms with van der Waals surface area (Å²) in [5.41, 5.74) is -2.51. The third-order valence-corrected chi connectivity index (χ3v) is 2.04. The van der Waals surface area contributed by atoms with Crippen LogP contribution >= 0.6 is 0 Å². The third-order valence-electron chi connectivity index (χ3n) is 1.13. The maximum absolute atomic E-state index is 11.9. The van der Waals surface area contributed by atoms with E-state index in [1.54, 1.807) is 0 Å². The van der Waals surface area contributed by atoms with Crippen LogP contribution in [0.3, 0.4) is 0 Å². The second kappa shape index (κ2) is 4.08. The zero-order valence-electron chi connectivity index (χ0n) is 5.96. The molecule has 2 atom stereocenters. The van der Waals surface area contributed by atoms with Gasteiger partial charge in [0.05, 0.1) is 12.4 Å². The van der Waals surface area contributed by atoms with Gasteiger partial charge in [0.15, 0.2) is 5.60 Å². The fourth-order valence-corrected chi connectivity index (χ4v) is 1.45. The van der Waals surface area contributed by atoms with E-state index in [1.165, 1.54) is 6.26 Å². The standard InChI is InChI=1S/C5H10F2O3S/c1-11(10)3-5(9,2-8)4(6)7/h4,8-9H,2-3H2,1H3. The maximum Gasteiger partial charge on any atom is 0.269 e. The predicted octanol–water partition coefficient (Wildman–Crippen LogP) is -0.647. The van der Waals surface area contributed by atoms with Crippen molar-refractivity contribution in [3.05, 3.63) is 0 Å². The molecule has 6 heteroatoms. The van der Waals surface area contributed by atoms with Gasteiger partial charge in [-0.3, -0.25) is 4.21 Å². The van der Waals surface area contributed by atoms with Crippen LogP contribution in [0.4, 0.5) is 8.78 Å². The zero-order chi connectivity index (χ0) is 9.07. The van der Waals surface area contributed by atoms with E-state index in [1.807, 2.05) is 0 Å². The summed E-state index contributed by atoms with van der Waals surface area (Å²) in [6, 6.07) is 0. The predicted molar refractivity (Wildman–Crippen MR) is 37.0 cm³/mol. The first-order valence-corrected chi connectivity index (χ1v) is 4.56. The molecule has 0 radical (unpaired) electrons. The fourth-order valence-electron chi connectivity index (χ4n) is 0.530. The molecule has 0 fully saturated rings. The van der Waals surface area contributed by atoms with Gasteiger partial charge in [-0.1, -0.05) is 0 Å².